The minimum Gasteiger partial charge on any atom is -0.508 e. The van der Waals surface area contributed by atoms with Crippen LogP contribution in [0.1, 0.15) is 31.3 Å². The van der Waals surface area contributed by atoms with Crippen molar-refractivity contribution < 1.29 is 24.6 Å². The van der Waals surface area contributed by atoms with E-state index in [9.17, 15) is 14.4 Å². The number of nitrogen functional groups attached to an aromatic ring is 1. The number of carbonyl (C=O) groups is 3. The van der Waals surface area contributed by atoms with E-state index in [1.807, 2.05) is 5.43 Å². The average Bonchev–Trinajstić information content (AvgIpc) is 2.54. The first-order valence-electron chi connectivity index (χ1n) is 5.93. The normalized spacial score (nSPS) is 9.14. The van der Waals surface area contributed by atoms with E-state index in [0.717, 1.165) is 0 Å². The molecule has 1 aromatic heterocycles. The maximum Gasteiger partial charge on any atom is 0.354 e. The SMILES string of the molecule is NNC(=O)c1cccc(C(=O)O)n1.O=Cc1cccc(O)c1. The number of hydrogen-bond acceptors (Lipinski definition) is 6. The maximum atomic E-state index is 10.9. The number of carboxylic acids is 1. The summed E-state index contributed by atoms with van der Waals surface area (Å²) in [5.74, 6) is 3.16. The van der Waals surface area contributed by atoms with Crippen molar-refractivity contribution in [2.75, 3.05) is 0 Å². The summed E-state index contributed by atoms with van der Waals surface area (Å²) in [6.07, 6.45) is 0.694. The molecule has 0 aliphatic heterocycles. The summed E-state index contributed by atoms with van der Waals surface area (Å²) in [5, 5.41) is 17.3. The van der Waals surface area contributed by atoms with Gasteiger partial charge in [0.25, 0.3) is 5.91 Å². The fourth-order valence-electron chi connectivity index (χ4n) is 1.35. The molecule has 0 unspecified atom stereocenters. The monoisotopic (exact) mass is 303 g/mol. The molecule has 8 heteroatoms. The van der Waals surface area contributed by atoms with Gasteiger partial charge in [0.15, 0.2) is 0 Å². The second kappa shape index (κ2) is 8.12. The molecule has 5 N–H and O–H groups in total. The van der Waals surface area contributed by atoms with Crippen LogP contribution < -0.4 is 11.3 Å². The number of benzene rings is 1. The van der Waals surface area contributed by atoms with Gasteiger partial charge in [-0.05, 0) is 24.3 Å². The molecular formula is C14H13N3O5. The largest absolute Gasteiger partial charge is 0.508 e. The van der Waals surface area contributed by atoms with E-state index < -0.39 is 11.9 Å². The third-order valence-electron chi connectivity index (χ3n) is 2.34. The number of carbonyl (C=O) groups excluding carboxylic acids is 2. The number of pyridine rings is 1. The molecule has 1 heterocycles. The highest BCUT2D eigenvalue weighted by molar-refractivity contribution is 5.93. The van der Waals surface area contributed by atoms with Crippen LogP contribution in [0.4, 0.5) is 0 Å². The second-order valence-corrected chi connectivity index (χ2v) is 3.90. The quantitative estimate of drug-likeness (QED) is 0.281. The van der Waals surface area contributed by atoms with E-state index in [0.29, 0.717) is 11.8 Å². The number of aromatic hydroxyl groups is 1. The fourth-order valence-corrected chi connectivity index (χ4v) is 1.35. The summed E-state index contributed by atoms with van der Waals surface area (Å²) >= 11 is 0. The van der Waals surface area contributed by atoms with E-state index in [1.54, 1.807) is 12.1 Å². The third kappa shape index (κ3) is 5.02. The van der Waals surface area contributed by atoms with E-state index >= 15 is 0 Å². The lowest BCUT2D eigenvalue weighted by molar-refractivity contribution is 0.0690. The van der Waals surface area contributed by atoms with Gasteiger partial charge < -0.3 is 10.2 Å². The van der Waals surface area contributed by atoms with Crippen LogP contribution in [-0.2, 0) is 0 Å². The summed E-state index contributed by atoms with van der Waals surface area (Å²) in [5.41, 5.74) is 2.13. The Bertz CT molecular complexity index is 688. The number of phenolic OH excluding ortho intramolecular Hbond substituents is 1. The summed E-state index contributed by atoms with van der Waals surface area (Å²) in [6.45, 7) is 0. The van der Waals surface area contributed by atoms with E-state index in [-0.39, 0.29) is 17.1 Å². The zero-order chi connectivity index (χ0) is 16.5. The van der Waals surface area contributed by atoms with E-state index in [4.69, 9.17) is 16.1 Å². The predicted octanol–water partition coefficient (Wildman–Crippen LogP) is 0.588. The molecule has 2 rings (SSSR count). The van der Waals surface area contributed by atoms with Gasteiger partial charge in [-0.1, -0.05) is 18.2 Å². The summed E-state index contributed by atoms with van der Waals surface area (Å²) in [7, 11) is 0. The highest BCUT2D eigenvalue weighted by atomic mass is 16.4. The topological polar surface area (TPSA) is 143 Å². The Labute approximate surface area is 125 Å². The van der Waals surface area contributed by atoms with Crippen LogP contribution in [0.5, 0.6) is 5.75 Å². The molecule has 0 aliphatic carbocycles. The van der Waals surface area contributed by atoms with Crippen molar-refractivity contribution in [3.8, 4) is 5.75 Å². The first-order valence-corrected chi connectivity index (χ1v) is 5.93. The Balaban J connectivity index is 0.000000235. The van der Waals surface area contributed by atoms with E-state index in [2.05, 4.69) is 4.98 Å². The Morgan fingerprint density at radius 1 is 1.14 bits per heavy atom. The van der Waals surface area contributed by atoms with Crippen molar-refractivity contribution >= 4 is 18.2 Å². The number of hydrazine groups is 1. The van der Waals surface area contributed by atoms with Gasteiger partial charge in [0.2, 0.25) is 0 Å². The molecule has 0 bridgehead atoms. The number of carboxylic acid groups (broad SMARTS) is 1. The Hall–Kier alpha value is -3.26. The number of nitrogens with one attached hydrogen (secondary N) is 1. The molecular weight excluding hydrogens is 290 g/mol. The summed E-state index contributed by atoms with van der Waals surface area (Å²) in [6, 6.07) is 10.3. The Morgan fingerprint density at radius 2 is 1.77 bits per heavy atom. The van der Waals surface area contributed by atoms with Gasteiger partial charge in [-0.2, -0.15) is 0 Å². The van der Waals surface area contributed by atoms with Crippen molar-refractivity contribution in [2.45, 2.75) is 0 Å². The molecule has 1 aromatic carbocycles. The fraction of sp³-hybridized carbons (Fsp3) is 0. The van der Waals surface area contributed by atoms with Crippen LogP contribution in [-0.4, -0.2) is 33.4 Å². The lowest BCUT2D eigenvalue weighted by Gasteiger charge is -1.98. The van der Waals surface area contributed by atoms with Crippen molar-refractivity contribution in [3.63, 3.8) is 0 Å². The lowest BCUT2D eigenvalue weighted by Crippen LogP contribution is -2.31. The Kier molecular flexibility index (Phi) is 6.20. The molecule has 0 saturated heterocycles. The van der Waals surface area contributed by atoms with Crippen molar-refractivity contribution in [1.82, 2.24) is 10.4 Å². The molecule has 0 radical (unpaired) electrons. The van der Waals surface area contributed by atoms with Crippen molar-refractivity contribution in [3.05, 3.63) is 59.4 Å². The first kappa shape index (κ1) is 16.8. The third-order valence-corrected chi connectivity index (χ3v) is 2.34. The molecule has 0 aliphatic rings. The number of hydrogen-bond donors (Lipinski definition) is 4. The number of nitrogens with zero attached hydrogens (tertiary/aromatic N) is 1. The van der Waals surface area contributed by atoms with Crippen LogP contribution in [0.2, 0.25) is 0 Å². The van der Waals surface area contributed by atoms with Gasteiger partial charge in [-0.25, -0.2) is 15.6 Å². The molecule has 0 spiro atoms. The van der Waals surface area contributed by atoms with Crippen LogP contribution in [0.15, 0.2) is 42.5 Å². The zero-order valence-electron chi connectivity index (χ0n) is 11.3. The van der Waals surface area contributed by atoms with Crippen LogP contribution in [0, 0.1) is 0 Å². The highest BCUT2D eigenvalue weighted by Gasteiger charge is 2.09. The van der Waals surface area contributed by atoms with Crippen molar-refractivity contribution in [1.29, 1.82) is 0 Å². The molecule has 1 amide bonds. The predicted molar refractivity (Wildman–Crippen MR) is 76.3 cm³/mol. The summed E-state index contributed by atoms with van der Waals surface area (Å²) < 4.78 is 0. The number of aromatic carboxylic acids is 1. The lowest BCUT2D eigenvalue weighted by atomic mass is 10.2. The standard InChI is InChI=1S/C7H7N3O3.C7H6O2/c8-10-6(11)4-2-1-3-5(9-4)7(12)13;8-5-6-2-1-3-7(9)4-6/h1-3H,8H2,(H,10,11)(H,12,13);1-5,9H. The van der Waals surface area contributed by atoms with Crippen LogP contribution >= 0.6 is 0 Å². The Morgan fingerprint density at radius 3 is 2.27 bits per heavy atom. The first-order chi connectivity index (χ1) is 10.5. The molecule has 0 fully saturated rings. The smallest absolute Gasteiger partial charge is 0.354 e. The van der Waals surface area contributed by atoms with Gasteiger partial charge in [-0.15, -0.1) is 0 Å². The maximum absolute atomic E-state index is 10.9. The molecule has 0 saturated carbocycles. The highest BCUT2D eigenvalue weighted by Crippen LogP contribution is 2.08. The van der Waals surface area contributed by atoms with Gasteiger partial charge in [0.05, 0.1) is 0 Å². The molecule has 22 heavy (non-hydrogen) atoms. The number of amides is 1. The molecule has 0 atom stereocenters. The molecule has 8 nitrogen and oxygen atoms in total. The minimum atomic E-state index is -1.19. The number of phenols is 1. The molecule has 2 aromatic rings. The number of rotatable bonds is 3. The number of aldehydes is 1. The van der Waals surface area contributed by atoms with Crippen molar-refractivity contribution in [2.24, 2.45) is 5.84 Å². The molecule has 114 valence electrons. The van der Waals surface area contributed by atoms with E-state index in [1.165, 1.54) is 30.3 Å². The van der Waals surface area contributed by atoms with Crippen LogP contribution in [0.3, 0.4) is 0 Å². The number of aromatic nitrogens is 1. The minimum absolute atomic E-state index is 0.0256. The van der Waals surface area contributed by atoms with Gasteiger partial charge in [-0.3, -0.25) is 15.0 Å². The van der Waals surface area contributed by atoms with Gasteiger partial charge in [0.1, 0.15) is 23.4 Å². The number of nitrogens with two attached hydrogens (primary N) is 1. The zero-order valence-corrected chi connectivity index (χ0v) is 11.3. The average molecular weight is 303 g/mol. The second-order valence-electron chi connectivity index (χ2n) is 3.90. The summed E-state index contributed by atoms with van der Waals surface area (Å²) in [4.78, 5) is 34.9. The van der Waals surface area contributed by atoms with Gasteiger partial charge in [0, 0.05) is 5.56 Å². The van der Waals surface area contributed by atoms with Crippen LogP contribution in [0.25, 0.3) is 0 Å². The van der Waals surface area contributed by atoms with Gasteiger partial charge >= 0.3 is 5.97 Å².